The van der Waals surface area contributed by atoms with E-state index in [4.69, 9.17) is 10.00 Å². The van der Waals surface area contributed by atoms with Crippen molar-refractivity contribution in [2.75, 3.05) is 6.61 Å². The SMILES string of the molecule is Cc1c(F)cc([C@H]2CC=NN2C(=O)C23CC(COc4ccc(C#N)cn4)(C2)C3)cc1F. The first-order chi connectivity index (χ1) is 14.8. The maximum atomic E-state index is 14.0. The van der Waals surface area contributed by atoms with Gasteiger partial charge in [0.1, 0.15) is 17.7 Å². The fourth-order valence-electron chi connectivity index (χ4n) is 5.12. The average Bonchev–Trinajstić information content (AvgIpc) is 3.20. The van der Waals surface area contributed by atoms with Crippen molar-refractivity contribution in [1.29, 1.82) is 5.26 Å². The lowest BCUT2D eigenvalue weighted by Crippen LogP contribution is -2.69. The van der Waals surface area contributed by atoms with Gasteiger partial charge in [-0.1, -0.05) is 0 Å². The Balaban J connectivity index is 1.23. The van der Waals surface area contributed by atoms with E-state index in [0.29, 0.717) is 49.3 Å². The van der Waals surface area contributed by atoms with Gasteiger partial charge < -0.3 is 4.74 Å². The molecule has 6 nitrogen and oxygen atoms in total. The van der Waals surface area contributed by atoms with Gasteiger partial charge in [0.15, 0.2) is 0 Å². The molecule has 2 bridgehead atoms. The van der Waals surface area contributed by atoms with Gasteiger partial charge in [-0.2, -0.15) is 10.4 Å². The number of halogens is 2. The van der Waals surface area contributed by atoms with Crippen LogP contribution in [0.25, 0.3) is 0 Å². The number of hydrazone groups is 1. The molecule has 0 saturated heterocycles. The maximum absolute atomic E-state index is 14.0. The van der Waals surface area contributed by atoms with Crippen LogP contribution < -0.4 is 4.74 Å². The Morgan fingerprint density at radius 2 is 2.00 bits per heavy atom. The predicted octanol–water partition coefficient (Wildman–Crippen LogP) is 4.05. The van der Waals surface area contributed by atoms with Gasteiger partial charge in [-0.3, -0.25) is 4.79 Å². The zero-order valence-corrected chi connectivity index (χ0v) is 16.9. The number of rotatable bonds is 5. The van der Waals surface area contributed by atoms with Crippen molar-refractivity contribution >= 4 is 12.1 Å². The van der Waals surface area contributed by atoms with Crippen molar-refractivity contribution in [3.05, 3.63) is 58.8 Å². The van der Waals surface area contributed by atoms with Gasteiger partial charge in [0.05, 0.1) is 23.6 Å². The molecule has 4 aliphatic rings. The lowest BCUT2D eigenvalue weighted by atomic mass is 9.35. The highest BCUT2D eigenvalue weighted by atomic mass is 19.1. The Labute approximate surface area is 178 Å². The molecule has 1 atom stereocenters. The molecule has 3 saturated carbocycles. The van der Waals surface area contributed by atoms with Crippen molar-refractivity contribution in [2.45, 2.75) is 38.6 Å². The van der Waals surface area contributed by atoms with Crippen LogP contribution in [0, 0.1) is 40.7 Å². The third-order valence-corrected chi connectivity index (χ3v) is 6.71. The molecule has 1 aromatic carbocycles. The van der Waals surface area contributed by atoms with Crippen molar-refractivity contribution in [3.8, 4) is 11.9 Å². The Morgan fingerprint density at radius 3 is 2.61 bits per heavy atom. The summed E-state index contributed by atoms with van der Waals surface area (Å²) in [6.07, 6.45) is 5.62. The Bertz CT molecular complexity index is 1100. The van der Waals surface area contributed by atoms with E-state index in [2.05, 4.69) is 10.1 Å². The van der Waals surface area contributed by atoms with Gasteiger partial charge in [-0.05, 0) is 49.9 Å². The molecule has 1 aliphatic heterocycles. The van der Waals surface area contributed by atoms with Gasteiger partial charge in [0.2, 0.25) is 11.8 Å². The minimum absolute atomic E-state index is 0.0290. The monoisotopic (exact) mass is 422 g/mol. The summed E-state index contributed by atoms with van der Waals surface area (Å²) in [6.45, 7) is 1.85. The van der Waals surface area contributed by atoms with Crippen LogP contribution in [0.2, 0.25) is 0 Å². The maximum Gasteiger partial charge on any atom is 0.249 e. The number of nitriles is 1. The molecule has 0 unspecified atom stereocenters. The molecule has 1 aromatic heterocycles. The van der Waals surface area contributed by atoms with E-state index in [1.54, 1.807) is 18.3 Å². The summed E-state index contributed by atoms with van der Waals surface area (Å²) in [4.78, 5) is 17.3. The fraction of sp³-hybridized carbons (Fsp3) is 0.391. The number of amides is 1. The summed E-state index contributed by atoms with van der Waals surface area (Å²) in [5, 5.41) is 14.5. The van der Waals surface area contributed by atoms with Crippen molar-refractivity contribution < 1.29 is 18.3 Å². The highest BCUT2D eigenvalue weighted by Crippen LogP contribution is 2.74. The molecule has 158 valence electrons. The van der Waals surface area contributed by atoms with Gasteiger partial charge in [0.25, 0.3) is 0 Å². The Morgan fingerprint density at radius 1 is 1.29 bits per heavy atom. The first kappa shape index (κ1) is 19.6. The second kappa shape index (κ2) is 6.84. The summed E-state index contributed by atoms with van der Waals surface area (Å²) in [6, 6.07) is 7.42. The van der Waals surface area contributed by atoms with Crippen LogP contribution in [0.1, 0.15) is 48.4 Å². The molecule has 1 amide bonds. The smallest absolute Gasteiger partial charge is 0.249 e. The molecule has 2 heterocycles. The van der Waals surface area contributed by atoms with Crippen molar-refractivity contribution in [1.82, 2.24) is 9.99 Å². The summed E-state index contributed by atoms with van der Waals surface area (Å²) < 4.78 is 33.8. The minimum Gasteiger partial charge on any atom is -0.477 e. The summed E-state index contributed by atoms with van der Waals surface area (Å²) >= 11 is 0. The lowest BCUT2D eigenvalue weighted by Gasteiger charge is -2.69. The van der Waals surface area contributed by atoms with Gasteiger partial charge >= 0.3 is 0 Å². The number of carbonyl (C=O) groups excluding carboxylic acids is 1. The van der Waals surface area contributed by atoms with Crippen LogP contribution in [0.3, 0.4) is 0 Å². The second-order valence-corrected chi connectivity index (χ2v) is 8.91. The van der Waals surface area contributed by atoms with E-state index >= 15 is 0 Å². The van der Waals surface area contributed by atoms with Crippen molar-refractivity contribution in [2.24, 2.45) is 15.9 Å². The molecule has 8 heteroatoms. The van der Waals surface area contributed by atoms with Crippen LogP contribution in [0.4, 0.5) is 8.78 Å². The second-order valence-electron chi connectivity index (χ2n) is 8.91. The highest BCUT2D eigenvalue weighted by molar-refractivity contribution is 5.88. The summed E-state index contributed by atoms with van der Waals surface area (Å²) in [7, 11) is 0. The van der Waals surface area contributed by atoms with Gasteiger partial charge in [-0.25, -0.2) is 18.8 Å². The molecule has 6 rings (SSSR count). The summed E-state index contributed by atoms with van der Waals surface area (Å²) in [5.41, 5.74) is 0.341. The van der Waals surface area contributed by atoms with Crippen LogP contribution in [0.5, 0.6) is 5.88 Å². The zero-order valence-electron chi connectivity index (χ0n) is 16.9. The van der Waals surface area contributed by atoms with Crippen LogP contribution in [-0.2, 0) is 4.79 Å². The van der Waals surface area contributed by atoms with Crippen LogP contribution >= 0.6 is 0 Å². The molecule has 3 aliphatic carbocycles. The molecular formula is C23H20F2N4O2. The van der Waals surface area contributed by atoms with Gasteiger partial charge in [0, 0.05) is 35.9 Å². The molecule has 0 spiro atoms. The van der Waals surface area contributed by atoms with E-state index in [9.17, 15) is 13.6 Å². The summed E-state index contributed by atoms with van der Waals surface area (Å²) in [5.74, 6) is -0.873. The molecule has 2 aromatic rings. The lowest BCUT2D eigenvalue weighted by molar-refractivity contribution is -0.227. The molecule has 0 radical (unpaired) electrons. The van der Waals surface area contributed by atoms with Crippen LogP contribution in [-0.4, -0.2) is 28.7 Å². The van der Waals surface area contributed by atoms with E-state index in [1.165, 1.54) is 30.3 Å². The number of carbonyl (C=O) groups is 1. The number of hydrogen-bond donors (Lipinski definition) is 0. The fourth-order valence-corrected chi connectivity index (χ4v) is 5.12. The number of hydrogen-bond acceptors (Lipinski definition) is 5. The van der Waals surface area contributed by atoms with Gasteiger partial charge in [-0.15, -0.1) is 0 Å². The van der Waals surface area contributed by atoms with Crippen LogP contribution in [0.15, 0.2) is 35.6 Å². The first-order valence-corrected chi connectivity index (χ1v) is 10.2. The zero-order chi connectivity index (χ0) is 21.8. The normalized spacial score (nSPS) is 27.9. The average molecular weight is 422 g/mol. The topological polar surface area (TPSA) is 78.6 Å². The third-order valence-electron chi connectivity index (χ3n) is 6.71. The highest BCUT2D eigenvalue weighted by Gasteiger charge is 2.73. The van der Waals surface area contributed by atoms with E-state index in [-0.39, 0.29) is 16.9 Å². The van der Waals surface area contributed by atoms with E-state index in [1.807, 2.05) is 6.07 Å². The molecule has 3 fully saturated rings. The molecule has 31 heavy (non-hydrogen) atoms. The molecule has 0 N–H and O–H groups in total. The van der Waals surface area contributed by atoms with E-state index in [0.717, 1.165) is 0 Å². The van der Waals surface area contributed by atoms with E-state index < -0.39 is 23.1 Å². The number of pyridine rings is 1. The number of ether oxygens (including phenoxy) is 1. The quantitative estimate of drug-likeness (QED) is 0.728. The number of aromatic nitrogens is 1. The first-order valence-electron chi connectivity index (χ1n) is 10.2. The predicted molar refractivity (Wildman–Crippen MR) is 107 cm³/mol. The number of nitrogens with zero attached hydrogens (tertiary/aromatic N) is 4. The third kappa shape index (κ3) is 3.07. The largest absolute Gasteiger partial charge is 0.477 e. The Kier molecular flexibility index (Phi) is 4.33. The number of benzene rings is 1. The minimum atomic E-state index is -0.618. The van der Waals surface area contributed by atoms with Crippen molar-refractivity contribution in [3.63, 3.8) is 0 Å². The molecular weight excluding hydrogens is 402 g/mol. The standard InChI is InChI=1S/C23H20F2N4O2/c1-14-17(24)6-16(7-18(14)25)19-4-5-28-29(19)21(30)23-10-22(11-23,12-23)13-31-20-3-2-15(8-26)9-27-20/h2-3,5-7,9,19H,4,10-13H2,1H3/t19-,22?,23?/m1/s1. The Hall–Kier alpha value is -3.34.